The molecule has 2 aromatic carbocycles. The number of esters is 1. The van der Waals surface area contributed by atoms with E-state index in [1.54, 1.807) is 61.5 Å². The lowest BCUT2D eigenvalue weighted by Gasteiger charge is -2.31. The summed E-state index contributed by atoms with van der Waals surface area (Å²) in [6.45, 7) is 3.22. The molecule has 1 heterocycles. The number of Topliss-reactive ketones (excluding diaryl/α,β-unsaturated/α-hetero) is 1. The Kier molecular flexibility index (Phi) is 5.60. The van der Waals surface area contributed by atoms with Crippen molar-refractivity contribution >= 4 is 50.7 Å². The first-order valence-electron chi connectivity index (χ1n) is 8.60. The van der Waals surface area contributed by atoms with Crippen LogP contribution in [-0.4, -0.2) is 35.5 Å². The van der Waals surface area contributed by atoms with Gasteiger partial charge >= 0.3 is 11.9 Å². The zero-order chi connectivity index (χ0) is 20.3. The van der Waals surface area contributed by atoms with Crippen LogP contribution < -0.4 is 10.3 Å². The summed E-state index contributed by atoms with van der Waals surface area (Å²) in [5, 5.41) is 4.13. The third-order valence-electron chi connectivity index (χ3n) is 4.35. The molecule has 1 aliphatic rings. The SMILES string of the molecule is CCOC(=O)C1(C)C(=NNc2ccc(Br)cc2)C(=O)C(=O)N1c1ccccc1. The number of para-hydroxylation sites is 1. The largest absolute Gasteiger partial charge is 0.464 e. The quantitative estimate of drug-likeness (QED) is 0.435. The number of carbonyl (C=O) groups excluding carboxylic acids is 3. The summed E-state index contributed by atoms with van der Waals surface area (Å²) in [5.74, 6) is -2.42. The molecule has 28 heavy (non-hydrogen) atoms. The Morgan fingerprint density at radius 3 is 2.39 bits per heavy atom. The van der Waals surface area contributed by atoms with E-state index in [1.807, 2.05) is 0 Å². The minimum absolute atomic E-state index is 0.104. The van der Waals surface area contributed by atoms with Crippen molar-refractivity contribution in [2.75, 3.05) is 16.9 Å². The van der Waals surface area contributed by atoms with E-state index in [1.165, 1.54) is 6.92 Å². The van der Waals surface area contributed by atoms with Gasteiger partial charge in [-0.15, -0.1) is 0 Å². The molecule has 0 aromatic heterocycles. The number of nitrogens with one attached hydrogen (secondary N) is 1. The van der Waals surface area contributed by atoms with Gasteiger partial charge in [0.1, 0.15) is 0 Å². The van der Waals surface area contributed by atoms with Gasteiger partial charge < -0.3 is 4.74 Å². The average Bonchev–Trinajstić information content (AvgIpc) is 2.89. The van der Waals surface area contributed by atoms with Crippen LogP contribution in [0.15, 0.2) is 64.2 Å². The van der Waals surface area contributed by atoms with Crippen molar-refractivity contribution in [1.82, 2.24) is 0 Å². The first kappa shape index (κ1) is 19.8. The predicted molar refractivity (Wildman–Crippen MR) is 109 cm³/mol. The summed E-state index contributed by atoms with van der Waals surface area (Å²) in [4.78, 5) is 39.4. The second-order valence-corrected chi connectivity index (χ2v) is 7.09. The van der Waals surface area contributed by atoms with E-state index in [9.17, 15) is 14.4 Å². The van der Waals surface area contributed by atoms with E-state index in [-0.39, 0.29) is 12.3 Å². The number of ketones is 1. The van der Waals surface area contributed by atoms with Crippen LogP contribution in [0.2, 0.25) is 0 Å². The molecule has 1 N–H and O–H groups in total. The Morgan fingerprint density at radius 2 is 1.79 bits per heavy atom. The van der Waals surface area contributed by atoms with Gasteiger partial charge in [-0.25, -0.2) is 4.79 Å². The van der Waals surface area contributed by atoms with Crippen molar-refractivity contribution in [3.8, 4) is 0 Å². The maximum absolute atomic E-state index is 12.8. The molecule has 1 saturated heterocycles. The maximum atomic E-state index is 12.8. The smallest absolute Gasteiger partial charge is 0.338 e. The molecule has 1 unspecified atom stereocenters. The number of anilines is 2. The van der Waals surface area contributed by atoms with Gasteiger partial charge in [0.2, 0.25) is 0 Å². The molecule has 0 saturated carbocycles. The molecule has 2 aromatic rings. The first-order valence-corrected chi connectivity index (χ1v) is 9.39. The monoisotopic (exact) mass is 443 g/mol. The molecule has 1 atom stereocenters. The molecule has 7 nitrogen and oxygen atoms in total. The maximum Gasteiger partial charge on any atom is 0.338 e. The molecule has 144 valence electrons. The standard InChI is InChI=1S/C20H18BrN3O4/c1-3-28-19(27)20(2)17(23-22-14-11-9-13(21)10-12-14)16(25)18(26)24(20)15-7-5-4-6-8-15/h4-12,22H,3H2,1-2H3. The van der Waals surface area contributed by atoms with E-state index >= 15 is 0 Å². The fourth-order valence-corrected chi connectivity index (χ4v) is 3.21. The van der Waals surface area contributed by atoms with E-state index in [4.69, 9.17) is 4.74 Å². The Bertz CT molecular complexity index is 944. The highest BCUT2D eigenvalue weighted by Crippen LogP contribution is 2.33. The summed E-state index contributed by atoms with van der Waals surface area (Å²) in [6.07, 6.45) is 0. The van der Waals surface area contributed by atoms with Crippen LogP contribution in [0.1, 0.15) is 13.8 Å². The van der Waals surface area contributed by atoms with E-state index in [2.05, 4.69) is 26.5 Å². The molecule has 8 heteroatoms. The Morgan fingerprint density at radius 1 is 1.14 bits per heavy atom. The van der Waals surface area contributed by atoms with Gasteiger partial charge in [-0.2, -0.15) is 5.10 Å². The Hall–Kier alpha value is -3.00. The third-order valence-corrected chi connectivity index (χ3v) is 4.88. The van der Waals surface area contributed by atoms with Crippen LogP contribution >= 0.6 is 15.9 Å². The van der Waals surface area contributed by atoms with Gasteiger partial charge in [-0.1, -0.05) is 34.1 Å². The molecule has 1 aliphatic heterocycles. The van der Waals surface area contributed by atoms with Crippen LogP contribution in [0, 0.1) is 0 Å². The van der Waals surface area contributed by atoms with Crippen LogP contribution in [0.5, 0.6) is 0 Å². The summed E-state index contributed by atoms with van der Waals surface area (Å²) in [7, 11) is 0. The number of nitrogens with zero attached hydrogens (tertiary/aromatic N) is 2. The summed E-state index contributed by atoms with van der Waals surface area (Å²) < 4.78 is 6.05. The number of halogens is 1. The zero-order valence-electron chi connectivity index (χ0n) is 15.3. The number of amides is 1. The molecule has 1 fully saturated rings. The Labute approximate surface area is 170 Å². The van der Waals surface area contributed by atoms with Crippen LogP contribution in [0.25, 0.3) is 0 Å². The first-order chi connectivity index (χ1) is 13.4. The number of hydrogen-bond acceptors (Lipinski definition) is 6. The molecule has 0 bridgehead atoms. The lowest BCUT2D eigenvalue weighted by atomic mass is 9.95. The van der Waals surface area contributed by atoms with Crippen molar-refractivity contribution in [2.24, 2.45) is 5.10 Å². The fraction of sp³-hybridized carbons (Fsp3) is 0.200. The summed E-state index contributed by atoms with van der Waals surface area (Å²) in [5.41, 5.74) is 1.85. The molecule has 0 spiro atoms. The molecule has 3 rings (SSSR count). The van der Waals surface area contributed by atoms with Crippen molar-refractivity contribution in [1.29, 1.82) is 0 Å². The molecule has 1 amide bonds. The second kappa shape index (κ2) is 7.93. The highest BCUT2D eigenvalue weighted by atomic mass is 79.9. The fourth-order valence-electron chi connectivity index (χ4n) is 2.95. The highest BCUT2D eigenvalue weighted by molar-refractivity contribution is 9.10. The molecule has 0 radical (unpaired) electrons. The van der Waals surface area contributed by atoms with Gasteiger partial charge in [0.15, 0.2) is 11.3 Å². The topological polar surface area (TPSA) is 88.1 Å². The summed E-state index contributed by atoms with van der Waals surface area (Å²) >= 11 is 3.34. The van der Waals surface area contributed by atoms with Crippen molar-refractivity contribution in [3.63, 3.8) is 0 Å². The van der Waals surface area contributed by atoms with Gasteiger partial charge in [0, 0.05) is 10.2 Å². The number of carbonyl (C=O) groups is 3. The third kappa shape index (κ3) is 3.43. The molecular weight excluding hydrogens is 426 g/mol. The lowest BCUT2D eigenvalue weighted by molar-refractivity contribution is -0.147. The lowest BCUT2D eigenvalue weighted by Crippen LogP contribution is -2.55. The number of benzene rings is 2. The van der Waals surface area contributed by atoms with Crippen LogP contribution in [-0.2, 0) is 19.1 Å². The number of hydrogen-bond donors (Lipinski definition) is 1. The van der Waals surface area contributed by atoms with Crippen LogP contribution in [0.3, 0.4) is 0 Å². The predicted octanol–water partition coefficient (Wildman–Crippen LogP) is 3.15. The molecule has 0 aliphatic carbocycles. The van der Waals surface area contributed by atoms with E-state index < -0.39 is 23.2 Å². The number of rotatable bonds is 5. The minimum Gasteiger partial charge on any atom is -0.464 e. The molecular formula is C20H18BrN3O4. The van der Waals surface area contributed by atoms with E-state index in [0.717, 1.165) is 9.37 Å². The normalized spacial score (nSPS) is 20.5. The minimum atomic E-state index is -1.69. The average molecular weight is 444 g/mol. The van der Waals surface area contributed by atoms with E-state index in [0.29, 0.717) is 11.4 Å². The zero-order valence-corrected chi connectivity index (χ0v) is 16.9. The van der Waals surface area contributed by atoms with Gasteiger partial charge in [0.25, 0.3) is 5.78 Å². The van der Waals surface area contributed by atoms with Crippen molar-refractivity contribution in [3.05, 3.63) is 59.1 Å². The van der Waals surface area contributed by atoms with Crippen molar-refractivity contribution in [2.45, 2.75) is 19.4 Å². The van der Waals surface area contributed by atoms with Gasteiger partial charge in [-0.05, 0) is 50.2 Å². The van der Waals surface area contributed by atoms with Gasteiger partial charge in [0.05, 0.1) is 12.3 Å². The number of hydrazone groups is 1. The number of ether oxygens (including phenoxy) is 1. The van der Waals surface area contributed by atoms with Crippen LogP contribution in [0.4, 0.5) is 11.4 Å². The highest BCUT2D eigenvalue weighted by Gasteiger charge is 2.60. The Balaban J connectivity index is 2.07. The van der Waals surface area contributed by atoms with Crippen molar-refractivity contribution < 1.29 is 19.1 Å². The van der Waals surface area contributed by atoms with Gasteiger partial charge in [-0.3, -0.25) is 19.9 Å². The summed E-state index contributed by atoms with van der Waals surface area (Å²) in [6, 6.07) is 15.6. The second-order valence-electron chi connectivity index (χ2n) is 6.18.